The van der Waals surface area contributed by atoms with Crippen LogP contribution in [0.4, 0.5) is 13.2 Å². The van der Waals surface area contributed by atoms with Gasteiger partial charge in [0.15, 0.2) is 0 Å². The highest BCUT2D eigenvalue weighted by Crippen LogP contribution is 2.37. The van der Waals surface area contributed by atoms with Gasteiger partial charge in [0.2, 0.25) is 0 Å². The van der Waals surface area contributed by atoms with Gasteiger partial charge in [-0.25, -0.2) is 0 Å². The fourth-order valence-electron chi connectivity index (χ4n) is 1.47. The molecular weight excluding hydrogens is 343 g/mol. The second kappa shape index (κ2) is 5.56. The van der Waals surface area contributed by atoms with E-state index in [0.29, 0.717) is 28.5 Å². The monoisotopic (exact) mass is 351 g/mol. The third-order valence-corrected chi connectivity index (χ3v) is 4.07. The molecule has 1 heterocycles. The highest BCUT2D eigenvalue weighted by atomic mass is 79.9. The highest BCUT2D eigenvalue weighted by Gasteiger charge is 2.33. The van der Waals surface area contributed by atoms with E-state index in [2.05, 4.69) is 26.1 Å². The Morgan fingerprint density at radius 1 is 1.26 bits per heavy atom. The highest BCUT2D eigenvalue weighted by molar-refractivity contribution is 9.10. The molecule has 1 aromatic carbocycles. The second-order valence-corrected chi connectivity index (χ2v) is 5.65. The van der Waals surface area contributed by atoms with E-state index in [0.717, 1.165) is 6.07 Å². The number of aromatic nitrogens is 2. The lowest BCUT2D eigenvalue weighted by Crippen LogP contribution is -2.06. The van der Waals surface area contributed by atoms with Crippen molar-refractivity contribution in [3.8, 4) is 10.6 Å². The molecule has 0 radical (unpaired) electrons. The van der Waals surface area contributed by atoms with E-state index in [9.17, 15) is 13.2 Å². The quantitative estimate of drug-likeness (QED) is 0.920. The fourth-order valence-corrected chi connectivity index (χ4v) is 2.79. The summed E-state index contributed by atoms with van der Waals surface area (Å²) < 4.78 is 38.4. The third kappa shape index (κ3) is 3.31. The molecule has 0 amide bonds. The molecule has 3 nitrogen and oxygen atoms in total. The van der Waals surface area contributed by atoms with Crippen LogP contribution in [-0.4, -0.2) is 16.7 Å². The fraction of sp³-hybridized carbons (Fsp3) is 0.273. The molecular formula is C11H9BrF3N3S. The maximum absolute atomic E-state index is 12.8. The number of nitrogens with zero attached hydrogens (tertiary/aromatic N) is 2. The maximum atomic E-state index is 12.8. The normalized spacial score (nSPS) is 11.8. The molecule has 19 heavy (non-hydrogen) atoms. The molecule has 0 unspecified atom stereocenters. The Morgan fingerprint density at radius 3 is 2.63 bits per heavy atom. The van der Waals surface area contributed by atoms with E-state index in [1.54, 1.807) is 6.07 Å². The first-order chi connectivity index (χ1) is 8.91. The van der Waals surface area contributed by atoms with Gasteiger partial charge < -0.3 is 5.73 Å². The number of halogens is 4. The lowest BCUT2D eigenvalue weighted by atomic mass is 10.1. The van der Waals surface area contributed by atoms with E-state index in [1.165, 1.54) is 17.4 Å². The minimum Gasteiger partial charge on any atom is -0.330 e. The van der Waals surface area contributed by atoms with Crippen LogP contribution in [0.3, 0.4) is 0 Å². The van der Waals surface area contributed by atoms with Crippen molar-refractivity contribution in [1.29, 1.82) is 0 Å². The Hall–Kier alpha value is -0.990. The molecule has 2 aromatic rings. The zero-order valence-corrected chi connectivity index (χ0v) is 11.9. The lowest BCUT2D eigenvalue weighted by Gasteiger charge is -2.09. The standard InChI is InChI=1S/C11H9BrF3N3S/c12-8-2-1-6(5-7(8)11(13,14)15)10-18-17-9(19-10)3-4-16/h1-2,5H,3-4,16H2. The molecule has 102 valence electrons. The van der Waals surface area contributed by atoms with Crippen LogP contribution in [0.1, 0.15) is 10.6 Å². The van der Waals surface area contributed by atoms with Crippen LogP contribution in [0.5, 0.6) is 0 Å². The third-order valence-electron chi connectivity index (χ3n) is 2.34. The van der Waals surface area contributed by atoms with Gasteiger partial charge in [0.05, 0.1) is 5.56 Å². The van der Waals surface area contributed by atoms with E-state index >= 15 is 0 Å². The van der Waals surface area contributed by atoms with Gasteiger partial charge in [-0.3, -0.25) is 0 Å². The average molecular weight is 352 g/mol. The van der Waals surface area contributed by atoms with E-state index in [1.807, 2.05) is 0 Å². The summed E-state index contributed by atoms with van der Waals surface area (Å²) >= 11 is 4.15. The molecule has 0 atom stereocenters. The lowest BCUT2D eigenvalue weighted by molar-refractivity contribution is -0.138. The van der Waals surface area contributed by atoms with Gasteiger partial charge in [0.1, 0.15) is 10.0 Å². The van der Waals surface area contributed by atoms with Crippen molar-refractivity contribution >= 4 is 27.3 Å². The Kier molecular flexibility index (Phi) is 4.22. The Morgan fingerprint density at radius 2 is 2.00 bits per heavy atom. The zero-order valence-electron chi connectivity index (χ0n) is 9.54. The molecule has 0 saturated carbocycles. The molecule has 0 fully saturated rings. The molecule has 2 rings (SSSR count). The molecule has 0 saturated heterocycles. The minimum absolute atomic E-state index is 0.00967. The van der Waals surface area contributed by atoms with E-state index in [-0.39, 0.29) is 4.47 Å². The molecule has 0 aliphatic rings. The average Bonchev–Trinajstić information content (AvgIpc) is 2.77. The van der Waals surface area contributed by atoms with Crippen LogP contribution in [0.15, 0.2) is 22.7 Å². The number of rotatable bonds is 3. The summed E-state index contributed by atoms with van der Waals surface area (Å²) in [4.78, 5) is 0. The summed E-state index contributed by atoms with van der Waals surface area (Å²) in [5.41, 5.74) is 5.07. The SMILES string of the molecule is NCCc1nnc(-c2ccc(Br)c(C(F)(F)F)c2)s1. The zero-order chi connectivity index (χ0) is 14.0. The second-order valence-electron chi connectivity index (χ2n) is 3.73. The summed E-state index contributed by atoms with van der Waals surface area (Å²) in [6, 6.07) is 4.01. The Balaban J connectivity index is 2.39. The minimum atomic E-state index is -4.40. The van der Waals surface area contributed by atoms with Crippen molar-refractivity contribution in [3.05, 3.63) is 33.2 Å². The molecule has 0 aliphatic heterocycles. The van der Waals surface area contributed by atoms with Crippen molar-refractivity contribution in [2.75, 3.05) is 6.54 Å². The predicted octanol–water partition coefficient (Wildman–Crippen LogP) is 3.49. The Bertz CT molecular complexity index is 583. The summed E-state index contributed by atoms with van der Waals surface area (Å²) in [6.45, 7) is 0.433. The number of nitrogens with two attached hydrogens (primary N) is 1. The molecule has 8 heteroatoms. The van der Waals surface area contributed by atoms with E-state index < -0.39 is 11.7 Å². The number of alkyl halides is 3. The van der Waals surface area contributed by atoms with E-state index in [4.69, 9.17) is 5.73 Å². The van der Waals surface area contributed by atoms with Gasteiger partial charge in [-0.05, 0) is 18.7 Å². The number of hydrogen-bond donors (Lipinski definition) is 1. The van der Waals surface area contributed by atoms with Gasteiger partial charge in [-0.2, -0.15) is 13.2 Å². The largest absolute Gasteiger partial charge is 0.417 e. The van der Waals surface area contributed by atoms with Crippen LogP contribution in [-0.2, 0) is 12.6 Å². The maximum Gasteiger partial charge on any atom is 0.417 e. The first-order valence-electron chi connectivity index (χ1n) is 5.31. The molecule has 2 N–H and O–H groups in total. The summed E-state index contributed by atoms with van der Waals surface area (Å²) in [7, 11) is 0. The predicted molar refractivity (Wildman–Crippen MR) is 70.8 cm³/mol. The molecule has 0 spiro atoms. The molecule has 0 aliphatic carbocycles. The van der Waals surface area contributed by atoms with Crippen molar-refractivity contribution in [2.45, 2.75) is 12.6 Å². The van der Waals surface area contributed by atoms with Crippen molar-refractivity contribution in [1.82, 2.24) is 10.2 Å². The van der Waals surface area contributed by atoms with Crippen molar-refractivity contribution in [3.63, 3.8) is 0 Å². The van der Waals surface area contributed by atoms with Gasteiger partial charge in [0, 0.05) is 16.5 Å². The number of hydrogen-bond acceptors (Lipinski definition) is 4. The van der Waals surface area contributed by atoms with Crippen molar-refractivity contribution in [2.24, 2.45) is 5.73 Å². The van der Waals surface area contributed by atoms with Crippen LogP contribution in [0.2, 0.25) is 0 Å². The summed E-state index contributed by atoms with van der Waals surface area (Å²) in [5.74, 6) is 0. The van der Waals surface area contributed by atoms with Gasteiger partial charge in [-0.1, -0.05) is 33.3 Å². The van der Waals surface area contributed by atoms with Crippen LogP contribution < -0.4 is 5.73 Å². The smallest absolute Gasteiger partial charge is 0.330 e. The van der Waals surface area contributed by atoms with Gasteiger partial charge >= 0.3 is 6.18 Å². The van der Waals surface area contributed by atoms with Gasteiger partial charge in [0.25, 0.3) is 0 Å². The first kappa shape index (κ1) is 14.4. The Labute approximate surface area is 119 Å². The topological polar surface area (TPSA) is 51.8 Å². The molecule has 0 bridgehead atoms. The van der Waals surface area contributed by atoms with Gasteiger partial charge in [-0.15, -0.1) is 10.2 Å². The summed E-state index contributed by atoms with van der Waals surface area (Å²) in [5, 5.41) is 8.96. The van der Waals surface area contributed by atoms with Crippen LogP contribution in [0.25, 0.3) is 10.6 Å². The number of benzene rings is 1. The first-order valence-corrected chi connectivity index (χ1v) is 6.92. The summed E-state index contributed by atoms with van der Waals surface area (Å²) in [6.07, 6.45) is -3.83. The van der Waals surface area contributed by atoms with Crippen LogP contribution in [0, 0.1) is 0 Å². The van der Waals surface area contributed by atoms with Crippen LogP contribution >= 0.6 is 27.3 Å². The van der Waals surface area contributed by atoms with Crippen molar-refractivity contribution < 1.29 is 13.2 Å². The molecule has 1 aromatic heterocycles.